The van der Waals surface area contributed by atoms with Crippen molar-refractivity contribution in [1.29, 1.82) is 0 Å². The number of halogens is 1. The monoisotopic (exact) mass is 253 g/mol. The molecule has 92 valence electrons. The van der Waals surface area contributed by atoms with Crippen LogP contribution in [0.2, 0.25) is 0 Å². The third-order valence-corrected chi connectivity index (χ3v) is 2.80. The second-order valence-electron chi connectivity index (χ2n) is 3.82. The molecule has 0 radical (unpaired) electrons. The summed E-state index contributed by atoms with van der Waals surface area (Å²) in [6, 6.07) is 7.08. The first-order chi connectivity index (χ1) is 8.08. The number of amides is 1. The largest absolute Gasteiger partial charge is 0.350 e. The van der Waals surface area contributed by atoms with Gasteiger partial charge in [-0.2, -0.15) is 0 Å². The summed E-state index contributed by atoms with van der Waals surface area (Å²) >= 11 is 5.47. The molecule has 1 aromatic rings. The van der Waals surface area contributed by atoms with E-state index in [0.29, 0.717) is 12.0 Å². The molecule has 0 bridgehead atoms. The molecular formula is C13H16ClNO2. The van der Waals surface area contributed by atoms with Gasteiger partial charge in [0.15, 0.2) is 5.78 Å². The van der Waals surface area contributed by atoms with E-state index < -0.39 is 0 Å². The van der Waals surface area contributed by atoms with Crippen molar-refractivity contribution in [2.75, 3.05) is 5.88 Å². The molecule has 1 unspecified atom stereocenters. The van der Waals surface area contributed by atoms with Crippen molar-refractivity contribution in [3.63, 3.8) is 0 Å². The van der Waals surface area contributed by atoms with Gasteiger partial charge in [0.1, 0.15) is 0 Å². The van der Waals surface area contributed by atoms with Crippen molar-refractivity contribution < 1.29 is 9.59 Å². The maximum atomic E-state index is 11.3. The normalized spacial score (nSPS) is 11.9. The van der Waals surface area contributed by atoms with E-state index in [1.165, 1.54) is 0 Å². The van der Waals surface area contributed by atoms with Crippen LogP contribution in [0.25, 0.3) is 0 Å². The van der Waals surface area contributed by atoms with Crippen LogP contribution in [-0.4, -0.2) is 17.6 Å². The second-order valence-corrected chi connectivity index (χ2v) is 4.09. The molecule has 0 aliphatic carbocycles. The fraction of sp³-hybridized carbons (Fsp3) is 0.385. The molecule has 0 spiro atoms. The lowest BCUT2D eigenvalue weighted by molar-refractivity contribution is -0.121. The average Bonchev–Trinajstić information content (AvgIpc) is 2.37. The molecule has 1 atom stereocenters. The van der Waals surface area contributed by atoms with Crippen LogP contribution < -0.4 is 5.32 Å². The third-order valence-electron chi connectivity index (χ3n) is 2.55. The van der Waals surface area contributed by atoms with Gasteiger partial charge in [-0.1, -0.05) is 31.2 Å². The maximum Gasteiger partial charge on any atom is 0.220 e. The van der Waals surface area contributed by atoms with Crippen molar-refractivity contribution in [2.24, 2.45) is 0 Å². The van der Waals surface area contributed by atoms with Crippen LogP contribution in [0.15, 0.2) is 24.3 Å². The molecule has 0 saturated carbocycles. The summed E-state index contributed by atoms with van der Waals surface area (Å²) in [6.45, 7) is 3.72. The van der Waals surface area contributed by atoms with Crippen molar-refractivity contribution >= 4 is 23.3 Å². The quantitative estimate of drug-likeness (QED) is 0.648. The van der Waals surface area contributed by atoms with Gasteiger partial charge < -0.3 is 5.32 Å². The first kappa shape index (κ1) is 13.7. The summed E-state index contributed by atoms with van der Waals surface area (Å²) in [7, 11) is 0. The number of hydrogen-bond donors (Lipinski definition) is 1. The Kier molecular flexibility index (Phi) is 5.16. The van der Waals surface area contributed by atoms with E-state index in [1.54, 1.807) is 12.1 Å². The summed E-state index contributed by atoms with van der Waals surface area (Å²) < 4.78 is 0. The molecule has 1 amide bonds. The van der Waals surface area contributed by atoms with Gasteiger partial charge in [-0.3, -0.25) is 9.59 Å². The van der Waals surface area contributed by atoms with Gasteiger partial charge >= 0.3 is 0 Å². The van der Waals surface area contributed by atoms with E-state index in [4.69, 9.17) is 11.6 Å². The zero-order chi connectivity index (χ0) is 12.8. The number of rotatable bonds is 5. The lowest BCUT2D eigenvalue weighted by Gasteiger charge is -2.13. The summed E-state index contributed by atoms with van der Waals surface area (Å²) in [5, 5.41) is 2.86. The van der Waals surface area contributed by atoms with Gasteiger partial charge in [0.2, 0.25) is 5.91 Å². The number of carbonyl (C=O) groups excluding carboxylic acids is 2. The minimum Gasteiger partial charge on any atom is -0.350 e. The average molecular weight is 254 g/mol. The zero-order valence-corrected chi connectivity index (χ0v) is 10.8. The Morgan fingerprint density at radius 1 is 1.29 bits per heavy atom. The molecule has 0 aromatic heterocycles. The standard InChI is InChI=1S/C13H16ClNO2/c1-3-13(17)15-9(2)10-4-6-11(7-5-10)12(16)8-14/h4-7,9H,3,8H2,1-2H3,(H,15,17). The Balaban J connectivity index is 2.73. The highest BCUT2D eigenvalue weighted by Crippen LogP contribution is 2.14. The summed E-state index contributed by atoms with van der Waals surface area (Å²) in [4.78, 5) is 22.6. The Bertz CT molecular complexity index is 400. The molecule has 0 heterocycles. The number of hydrogen-bond acceptors (Lipinski definition) is 2. The summed E-state index contributed by atoms with van der Waals surface area (Å²) in [5.41, 5.74) is 1.57. The number of benzene rings is 1. The SMILES string of the molecule is CCC(=O)NC(C)c1ccc(C(=O)CCl)cc1. The van der Waals surface area contributed by atoms with Crippen LogP contribution in [0, 0.1) is 0 Å². The fourth-order valence-electron chi connectivity index (χ4n) is 1.46. The van der Waals surface area contributed by atoms with Crippen LogP contribution in [0.3, 0.4) is 0 Å². The van der Waals surface area contributed by atoms with Crippen molar-refractivity contribution in [2.45, 2.75) is 26.3 Å². The minimum atomic E-state index is -0.0940. The number of nitrogens with one attached hydrogen (secondary N) is 1. The topological polar surface area (TPSA) is 46.2 Å². The number of Topliss-reactive ketones (excluding diaryl/α,β-unsaturated/α-hetero) is 1. The van der Waals surface area contributed by atoms with Gasteiger partial charge in [-0.05, 0) is 12.5 Å². The van der Waals surface area contributed by atoms with Crippen LogP contribution in [0.5, 0.6) is 0 Å². The van der Waals surface area contributed by atoms with Gasteiger partial charge in [-0.15, -0.1) is 11.6 Å². The Labute approximate surface area is 106 Å². The number of carbonyl (C=O) groups is 2. The first-order valence-corrected chi connectivity index (χ1v) is 6.10. The molecule has 1 N–H and O–H groups in total. The second kappa shape index (κ2) is 6.40. The van der Waals surface area contributed by atoms with Crippen LogP contribution in [0.4, 0.5) is 0 Å². The van der Waals surface area contributed by atoms with E-state index in [1.807, 2.05) is 26.0 Å². The highest BCUT2D eigenvalue weighted by atomic mass is 35.5. The first-order valence-electron chi connectivity index (χ1n) is 5.57. The molecule has 4 heteroatoms. The van der Waals surface area contributed by atoms with Crippen molar-refractivity contribution in [1.82, 2.24) is 5.32 Å². The van der Waals surface area contributed by atoms with E-state index >= 15 is 0 Å². The summed E-state index contributed by atoms with van der Waals surface area (Å²) in [6.07, 6.45) is 0.465. The Morgan fingerprint density at radius 2 is 1.88 bits per heavy atom. The Hall–Kier alpha value is -1.35. The molecule has 3 nitrogen and oxygen atoms in total. The summed E-state index contributed by atoms with van der Waals surface area (Å²) in [5.74, 6) is -0.0940. The van der Waals surface area contributed by atoms with Gasteiger partial charge in [0.05, 0.1) is 11.9 Å². The zero-order valence-electron chi connectivity index (χ0n) is 10.00. The molecule has 1 rings (SSSR count). The minimum absolute atomic E-state index is 0.0124. The molecule has 17 heavy (non-hydrogen) atoms. The van der Waals surface area contributed by atoms with Gasteiger partial charge in [0, 0.05) is 12.0 Å². The maximum absolute atomic E-state index is 11.3. The van der Waals surface area contributed by atoms with Gasteiger partial charge in [0.25, 0.3) is 0 Å². The third kappa shape index (κ3) is 3.86. The highest BCUT2D eigenvalue weighted by molar-refractivity contribution is 6.30. The van der Waals surface area contributed by atoms with Crippen molar-refractivity contribution in [3.05, 3.63) is 35.4 Å². The van der Waals surface area contributed by atoms with Crippen LogP contribution >= 0.6 is 11.6 Å². The lowest BCUT2D eigenvalue weighted by atomic mass is 10.0. The highest BCUT2D eigenvalue weighted by Gasteiger charge is 2.09. The number of ketones is 1. The predicted octanol–water partition coefficient (Wildman–Crippen LogP) is 2.70. The molecular weight excluding hydrogens is 238 g/mol. The van der Waals surface area contributed by atoms with E-state index in [9.17, 15) is 9.59 Å². The molecule has 0 saturated heterocycles. The molecule has 0 fully saturated rings. The Morgan fingerprint density at radius 3 is 2.35 bits per heavy atom. The predicted molar refractivity (Wildman–Crippen MR) is 68.3 cm³/mol. The number of alkyl halides is 1. The van der Waals surface area contributed by atoms with E-state index in [-0.39, 0.29) is 23.6 Å². The smallest absolute Gasteiger partial charge is 0.220 e. The molecule has 1 aromatic carbocycles. The fourth-order valence-corrected chi connectivity index (χ4v) is 1.62. The van der Waals surface area contributed by atoms with E-state index in [2.05, 4.69) is 5.32 Å². The van der Waals surface area contributed by atoms with Crippen molar-refractivity contribution in [3.8, 4) is 0 Å². The van der Waals surface area contributed by atoms with Crippen LogP contribution in [0.1, 0.15) is 42.2 Å². The van der Waals surface area contributed by atoms with Gasteiger partial charge in [-0.25, -0.2) is 0 Å². The van der Waals surface area contributed by atoms with Crippen LogP contribution in [-0.2, 0) is 4.79 Å². The molecule has 0 aliphatic heterocycles. The lowest BCUT2D eigenvalue weighted by Crippen LogP contribution is -2.25. The van der Waals surface area contributed by atoms with E-state index in [0.717, 1.165) is 5.56 Å². The molecule has 0 aliphatic rings.